The number of aromatic amines is 1. The molecule has 1 fully saturated rings. The van der Waals surface area contributed by atoms with Gasteiger partial charge in [-0.25, -0.2) is 9.97 Å². The predicted octanol–water partition coefficient (Wildman–Crippen LogP) is 4.97. The Bertz CT molecular complexity index is 1970. The molecule has 0 bridgehead atoms. The van der Waals surface area contributed by atoms with Crippen molar-refractivity contribution in [3.05, 3.63) is 78.8 Å². The summed E-state index contributed by atoms with van der Waals surface area (Å²) in [5.41, 5.74) is 6.71. The number of fused-ring (bicyclic) bond motifs is 1. The van der Waals surface area contributed by atoms with Crippen LogP contribution in [-0.2, 0) is 16.1 Å². The van der Waals surface area contributed by atoms with Crippen molar-refractivity contribution in [1.29, 1.82) is 0 Å². The van der Waals surface area contributed by atoms with E-state index in [0.29, 0.717) is 43.0 Å². The molecule has 1 saturated heterocycles. The number of hydrogen-bond acceptors (Lipinski definition) is 10. The number of carbonyl (C=O) groups is 2. The van der Waals surface area contributed by atoms with Crippen molar-refractivity contribution in [2.75, 3.05) is 50.9 Å². The SMILES string of the molecule is CC(C)Oc1ccc(-c2n[nH]c3ccc(NC=O)cc23)cn1.CS[C@H]1CCN(CC(=O)N2CC=C(c3ccc(-c4ncn(CCO)n4)cc3)CC2)C1. The van der Waals surface area contributed by atoms with Crippen molar-refractivity contribution in [2.24, 2.45) is 0 Å². The molecule has 0 spiro atoms. The number of aliphatic hydroxyl groups excluding tert-OH is 1. The van der Waals surface area contributed by atoms with Gasteiger partial charge in [0.2, 0.25) is 18.2 Å². The highest BCUT2D eigenvalue weighted by Crippen LogP contribution is 2.29. The van der Waals surface area contributed by atoms with Crippen molar-refractivity contribution in [1.82, 2.24) is 39.7 Å². The third-order valence-electron chi connectivity index (χ3n) is 9.02. The number of anilines is 1. The van der Waals surface area contributed by atoms with Gasteiger partial charge in [-0.2, -0.15) is 22.0 Å². The highest BCUT2D eigenvalue weighted by Gasteiger charge is 2.26. The Kier molecular flexibility index (Phi) is 12.3. The van der Waals surface area contributed by atoms with Crippen molar-refractivity contribution in [2.45, 2.75) is 44.6 Å². The van der Waals surface area contributed by atoms with Gasteiger partial charge in [0.1, 0.15) is 12.0 Å². The van der Waals surface area contributed by atoms with Crippen LogP contribution in [0.4, 0.5) is 5.69 Å². The van der Waals surface area contributed by atoms with Crippen LogP contribution in [0.3, 0.4) is 0 Å². The molecule has 5 heterocycles. The molecule has 14 heteroatoms. The number of aliphatic hydroxyl groups is 1. The molecule has 1 atom stereocenters. The largest absolute Gasteiger partial charge is 0.475 e. The van der Waals surface area contributed by atoms with Crippen LogP contribution in [0, 0.1) is 0 Å². The second-order valence-corrected chi connectivity index (χ2v) is 14.1. The standard InChI is InChI=1S/C22H29N5O2S.C16H16N4O2/c1-30-20-8-9-25(14-20)15-21(29)26-10-6-18(7-11-26)17-2-4-19(5-3-17)22-23-16-27(24-22)12-13-28;1-10(2)22-15-6-3-11(8-17-15)16-13-7-12(18-9-21)4-5-14(13)19-20-16/h2-6,16,20,28H,7-15H2,1H3;3-10H,1-2H3,(H,18,21)(H,19,20)/t20-;/m0./s1. The monoisotopic (exact) mass is 723 g/mol. The molecular formula is C38H45N9O4S. The Balaban J connectivity index is 0.000000187. The second-order valence-electron chi connectivity index (χ2n) is 13.0. The van der Waals surface area contributed by atoms with Gasteiger partial charge in [0.25, 0.3) is 0 Å². The zero-order valence-corrected chi connectivity index (χ0v) is 30.6. The van der Waals surface area contributed by atoms with E-state index in [-0.39, 0.29) is 18.6 Å². The van der Waals surface area contributed by atoms with Gasteiger partial charge < -0.3 is 20.1 Å². The van der Waals surface area contributed by atoms with E-state index in [0.717, 1.165) is 59.5 Å². The first kappa shape index (κ1) is 36.7. The second kappa shape index (κ2) is 17.4. The van der Waals surface area contributed by atoms with Gasteiger partial charge in [0.05, 0.1) is 31.3 Å². The van der Waals surface area contributed by atoms with E-state index in [1.54, 1.807) is 17.2 Å². The van der Waals surface area contributed by atoms with Gasteiger partial charge in [-0.1, -0.05) is 30.3 Å². The molecule has 13 nitrogen and oxygen atoms in total. The molecule has 2 aliphatic rings. The third kappa shape index (κ3) is 9.24. The maximum Gasteiger partial charge on any atom is 0.237 e. The fraction of sp³-hybridized carbons (Fsp3) is 0.368. The number of benzene rings is 2. The average molecular weight is 724 g/mol. The maximum absolute atomic E-state index is 12.7. The number of amides is 2. The van der Waals surface area contributed by atoms with E-state index in [9.17, 15) is 9.59 Å². The summed E-state index contributed by atoms with van der Waals surface area (Å²) in [7, 11) is 0. The number of hydrogen-bond donors (Lipinski definition) is 3. The molecule has 2 aromatic carbocycles. The maximum atomic E-state index is 12.7. The number of ether oxygens (including phenoxy) is 1. The number of nitrogens with one attached hydrogen (secondary N) is 2. The summed E-state index contributed by atoms with van der Waals surface area (Å²) >= 11 is 1.90. The number of nitrogens with zero attached hydrogens (tertiary/aromatic N) is 7. The van der Waals surface area contributed by atoms with Crippen molar-refractivity contribution in [3.8, 4) is 28.5 Å². The van der Waals surface area contributed by atoms with Crippen molar-refractivity contribution < 1.29 is 19.4 Å². The number of aromatic nitrogens is 6. The van der Waals surface area contributed by atoms with E-state index in [2.05, 4.69) is 59.9 Å². The Hall–Kier alpha value is -5.05. The third-order valence-corrected chi connectivity index (χ3v) is 10.1. The fourth-order valence-electron chi connectivity index (χ4n) is 6.28. The van der Waals surface area contributed by atoms with Gasteiger partial charge in [0, 0.05) is 59.3 Å². The average Bonchev–Trinajstić information content (AvgIpc) is 3.93. The fourth-order valence-corrected chi connectivity index (χ4v) is 6.98. The lowest BCUT2D eigenvalue weighted by Crippen LogP contribution is -2.41. The minimum Gasteiger partial charge on any atom is -0.475 e. The van der Waals surface area contributed by atoms with E-state index in [4.69, 9.17) is 9.84 Å². The highest BCUT2D eigenvalue weighted by molar-refractivity contribution is 7.99. The zero-order chi connectivity index (χ0) is 36.5. The molecule has 0 radical (unpaired) electrons. The van der Waals surface area contributed by atoms with Crippen LogP contribution in [0.5, 0.6) is 5.88 Å². The molecule has 3 N–H and O–H groups in total. The van der Waals surface area contributed by atoms with E-state index >= 15 is 0 Å². The van der Waals surface area contributed by atoms with Crippen LogP contribution in [0.2, 0.25) is 0 Å². The number of rotatable bonds is 12. The minimum atomic E-state index is 0.0474. The zero-order valence-electron chi connectivity index (χ0n) is 29.7. The van der Waals surface area contributed by atoms with Gasteiger partial charge in [-0.15, -0.1) is 0 Å². The molecule has 52 heavy (non-hydrogen) atoms. The summed E-state index contributed by atoms with van der Waals surface area (Å²) in [5, 5.41) is 24.9. The molecular weight excluding hydrogens is 679 g/mol. The van der Waals surface area contributed by atoms with Crippen LogP contribution in [0.25, 0.3) is 39.1 Å². The lowest BCUT2D eigenvalue weighted by Gasteiger charge is -2.28. The number of H-pyrrole nitrogens is 1. The van der Waals surface area contributed by atoms with Crippen LogP contribution < -0.4 is 10.1 Å². The Labute approximate surface area is 307 Å². The quantitative estimate of drug-likeness (QED) is 0.150. The minimum absolute atomic E-state index is 0.0474. The van der Waals surface area contributed by atoms with Gasteiger partial charge in [-0.3, -0.25) is 24.3 Å². The summed E-state index contributed by atoms with van der Waals surface area (Å²) in [4.78, 5) is 36.1. The Morgan fingerprint density at radius 1 is 1.10 bits per heavy atom. The Morgan fingerprint density at radius 3 is 2.58 bits per heavy atom. The number of thioether (sulfide) groups is 1. The van der Waals surface area contributed by atoms with E-state index < -0.39 is 0 Å². The summed E-state index contributed by atoms with van der Waals surface area (Å²) < 4.78 is 7.18. The molecule has 7 rings (SSSR count). The summed E-state index contributed by atoms with van der Waals surface area (Å²) in [6, 6.07) is 17.6. The topological polar surface area (TPSA) is 154 Å². The smallest absolute Gasteiger partial charge is 0.237 e. The first-order chi connectivity index (χ1) is 25.3. The van der Waals surface area contributed by atoms with Crippen molar-refractivity contribution >= 4 is 46.2 Å². The van der Waals surface area contributed by atoms with Gasteiger partial charge in [0.15, 0.2) is 5.82 Å². The normalized spacial score (nSPS) is 16.1. The molecule has 3 aromatic heterocycles. The molecule has 0 saturated carbocycles. The van der Waals surface area contributed by atoms with Gasteiger partial charge >= 0.3 is 0 Å². The van der Waals surface area contributed by atoms with Crippen LogP contribution >= 0.6 is 11.8 Å². The lowest BCUT2D eigenvalue weighted by molar-refractivity contribution is -0.131. The molecule has 272 valence electrons. The first-order valence-electron chi connectivity index (χ1n) is 17.5. The molecule has 0 aliphatic carbocycles. The number of pyridine rings is 1. The predicted molar refractivity (Wildman–Crippen MR) is 205 cm³/mol. The Morgan fingerprint density at radius 2 is 1.90 bits per heavy atom. The number of likely N-dealkylation sites (tertiary alicyclic amines) is 1. The molecule has 2 amide bonds. The van der Waals surface area contributed by atoms with Crippen LogP contribution in [0.1, 0.15) is 32.3 Å². The van der Waals surface area contributed by atoms with E-state index in [1.807, 2.05) is 73.0 Å². The van der Waals surface area contributed by atoms with Gasteiger partial charge in [-0.05, 0) is 74.9 Å². The lowest BCUT2D eigenvalue weighted by atomic mass is 9.98. The van der Waals surface area contributed by atoms with Crippen LogP contribution in [-0.4, -0.2) is 114 Å². The summed E-state index contributed by atoms with van der Waals surface area (Å²) in [6.07, 6.45) is 10.5. The molecule has 5 aromatic rings. The summed E-state index contributed by atoms with van der Waals surface area (Å²) in [6.45, 7) is 8.48. The first-order valence-corrected chi connectivity index (χ1v) is 18.8. The molecule has 0 unspecified atom stereocenters. The van der Waals surface area contributed by atoms with E-state index in [1.165, 1.54) is 17.6 Å². The number of carbonyl (C=O) groups excluding carboxylic acids is 2. The van der Waals surface area contributed by atoms with Crippen molar-refractivity contribution in [3.63, 3.8) is 0 Å². The summed E-state index contributed by atoms with van der Waals surface area (Å²) in [5.74, 6) is 1.49. The van der Waals surface area contributed by atoms with Crippen LogP contribution in [0.15, 0.2) is 73.2 Å². The highest BCUT2D eigenvalue weighted by atomic mass is 32.2. The molecule has 2 aliphatic heterocycles.